The number of halogens is 1. The fourth-order valence-corrected chi connectivity index (χ4v) is 4.69. The zero-order chi connectivity index (χ0) is 15.7. The molecule has 1 aliphatic rings. The normalized spacial score (nSPS) is 16.9. The molecular formula is C14H13FN2O3S2. The quantitative estimate of drug-likeness (QED) is 0.858. The van der Waals surface area contributed by atoms with E-state index in [1.54, 1.807) is 12.1 Å². The molecule has 3 rings (SSSR count). The summed E-state index contributed by atoms with van der Waals surface area (Å²) in [5.41, 5.74) is 0.878. The van der Waals surface area contributed by atoms with Gasteiger partial charge in [-0.15, -0.1) is 11.3 Å². The monoisotopic (exact) mass is 340 g/mol. The Balaban J connectivity index is 1.76. The van der Waals surface area contributed by atoms with E-state index in [-0.39, 0.29) is 18.1 Å². The van der Waals surface area contributed by atoms with Crippen LogP contribution in [-0.2, 0) is 16.4 Å². The lowest BCUT2D eigenvalue weighted by atomic mass is 10.2. The molecule has 1 fully saturated rings. The third kappa shape index (κ3) is 3.02. The molecule has 116 valence electrons. The summed E-state index contributed by atoms with van der Waals surface area (Å²) in [7, 11) is -3.47. The Kier molecular flexibility index (Phi) is 3.96. The van der Waals surface area contributed by atoms with Crippen LogP contribution < -0.4 is 0 Å². The van der Waals surface area contributed by atoms with Crippen molar-refractivity contribution in [3.63, 3.8) is 0 Å². The maximum Gasteiger partial charge on any atom is 0.279 e. The summed E-state index contributed by atoms with van der Waals surface area (Å²) >= 11 is 1.17. The predicted molar refractivity (Wildman–Crippen MR) is 80.8 cm³/mol. The molecule has 1 amide bonds. The summed E-state index contributed by atoms with van der Waals surface area (Å²) in [6.45, 7) is 0.229. The molecule has 2 aromatic rings. The Hall–Kier alpha value is -1.80. The standard InChI is InChI=1S/C14H13FN2O3S2/c15-11-4-2-10(3-5-11)8-13-16-9-12(21-13)14(18)17-6-1-7-22(17,19)20/h2-5,9H,1,6-8H2. The molecule has 8 heteroatoms. The van der Waals surface area contributed by atoms with Crippen LogP contribution in [0.3, 0.4) is 0 Å². The van der Waals surface area contributed by atoms with E-state index >= 15 is 0 Å². The largest absolute Gasteiger partial charge is 0.279 e. The van der Waals surface area contributed by atoms with Gasteiger partial charge in [0.05, 0.1) is 17.0 Å². The van der Waals surface area contributed by atoms with Crippen LogP contribution in [0, 0.1) is 5.82 Å². The van der Waals surface area contributed by atoms with Gasteiger partial charge in [-0.25, -0.2) is 22.1 Å². The second kappa shape index (κ2) is 5.77. The third-order valence-corrected chi connectivity index (χ3v) is 6.17. The number of hydrogen-bond donors (Lipinski definition) is 0. The summed E-state index contributed by atoms with van der Waals surface area (Å²) in [4.78, 5) is 16.7. The van der Waals surface area contributed by atoms with Crippen LogP contribution in [0.1, 0.15) is 26.7 Å². The van der Waals surface area contributed by atoms with E-state index in [0.717, 1.165) is 9.87 Å². The van der Waals surface area contributed by atoms with Gasteiger partial charge in [0.25, 0.3) is 5.91 Å². The Bertz CT molecular complexity index is 800. The molecule has 0 bridgehead atoms. The van der Waals surface area contributed by atoms with E-state index < -0.39 is 15.9 Å². The Morgan fingerprint density at radius 2 is 2.05 bits per heavy atom. The van der Waals surface area contributed by atoms with Crippen LogP contribution >= 0.6 is 11.3 Å². The molecule has 0 unspecified atom stereocenters. The van der Waals surface area contributed by atoms with Crippen molar-refractivity contribution in [3.8, 4) is 0 Å². The van der Waals surface area contributed by atoms with E-state index in [9.17, 15) is 17.6 Å². The minimum atomic E-state index is -3.47. The molecule has 1 aliphatic heterocycles. The van der Waals surface area contributed by atoms with Gasteiger partial charge >= 0.3 is 0 Å². The number of rotatable bonds is 3. The van der Waals surface area contributed by atoms with Gasteiger partial charge in [-0.3, -0.25) is 4.79 Å². The highest BCUT2D eigenvalue weighted by Gasteiger charge is 2.34. The Morgan fingerprint density at radius 1 is 1.32 bits per heavy atom. The van der Waals surface area contributed by atoms with Crippen molar-refractivity contribution in [2.45, 2.75) is 12.8 Å². The van der Waals surface area contributed by atoms with Crippen LogP contribution in [0.15, 0.2) is 30.5 Å². The first-order valence-corrected chi connectivity index (χ1v) is 9.12. The highest BCUT2D eigenvalue weighted by Crippen LogP contribution is 2.22. The van der Waals surface area contributed by atoms with E-state index in [2.05, 4.69) is 4.98 Å². The molecule has 0 spiro atoms. The molecule has 1 saturated heterocycles. The second-order valence-electron chi connectivity index (χ2n) is 4.97. The molecule has 0 atom stereocenters. The van der Waals surface area contributed by atoms with Crippen LogP contribution in [-0.4, -0.2) is 35.9 Å². The topological polar surface area (TPSA) is 67.3 Å². The van der Waals surface area contributed by atoms with E-state index in [1.807, 2.05) is 0 Å². The number of amides is 1. The lowest BCUT2D eigenvalue weighted by Crippen LogP contribution is -2.31. The van der Waals surface area contributed by atoms with Gasteiger partial charge in [0.1, 0.15) is 10.7 Å². The highest BCUT2D eigenvalue weighted by atomic mass is 32.2. The number of sulfonamides is 1. The first-order chi connectivity index (χ1) is 10.5. The number of benzene rings is 1. The van der Waals surface area contributed by atoms with Gasteiger partial charge in [0.15, 0.2) is 0 Å². The summed E-state index contributed by atoms with van der Waals surface area (Å²) in [6.07, 6.45) is 2.35. The fraction of sp³-hybridized carbons (Fsp3) is 0.286. The number of hydrogen-bond acceptors (Lipinski definition) is 5. The maximum atomic E-state index is 12.9. The van der Waals surface area contributed by atoms with Gasteiger partial charge in [0.2, 0.25) is 10.0 Å². The lowest BCUT2D eigenvalue weighted by Gasteiger charge is -2.12. The zero-order valence-electron chi connectivity index (χ0n) is 11.5. The lowest BCUT2D eigenvalue weighted by molar-refractivity contribution is 0.0874. The SMILES string of the molecule is O=C(c1cnc(Cc2ccc(F)cc2)s1)N1CCCS1(=O)=O. The molecule has 0 saturated carbocycles. The van der Waals surface area contributed by atoms with Crippen molar-refractivity contribution in [2.24, 2.45) is 0 Å². The number of carbonyl (C=O) groups excluding carboxylic acids is 1. The van der Waals surface area contributed by atoms with Crippen molar-refractivity contribution in [2.75, 3.05) is 12.3 Å². The average molecular weight is 340 g/mol. The molecule has 0 radical (unpaired) electrons. The summed E-state index contributed by atoms with van der Waals surface area (Å²) in [5.74, 6) is -0.807. The molecule has 1 aromatic heterocycles. The maximum absolute atomic E-state index is 12.9. The molecule has 1 aromatic carbocycles. The summed E-state index contributed by atoms with van der Waals surface area (Å²) < 4.78 is 37.3. The van der Waals surface area contributed by atoms with Crippen molar-refractivity contribution in [3.05, 3.63) is 51.7 Å². The van der Waals surface area contributed by atoms with Crippen molar-refractivity contribution in [1.82, 2.24) is 9.29 Å². The van der Waals surface area contributed by atoms with Gasteiger partial charge in [-0.05, 0) is 24.1 Å². The minimum absolute atomic E-state index is 0.0139. The zero-order valence-corrected chi connectivity index (χ0v) is 13.2. The molecule has 22 heavy (non-hydrogen) atoms. The molecule has 5 nitrogen and oxygen atoms in total. The van der Waals surface area contributed by atoms with Gasteiger partial charge in [0, 0.05) is 13.0 Å². The summed E-state index contributed by atoms with van der Waals surface area (Å²) in [5, 5.41) is 0.687. The number of nitrogens with zero attached hydrogens (tertiary/aromatic N) is 2. The number of thiazole rings is 1. The van der Waals surface area contributed by atoms with Gasteiger partial charge in [-0.1, -0.05) is 12.1 Å². The average Bonchev–Trinajstić information content (AvgIpc) is 3.07. The Labute approximate surface area is 131 Å². The summed E-state index contributed by atoms with van der Waals surface area (Å²) in [6, 6.07) is 6.05. The minimum Gasteiger partial charge on any atom is -0.267 e. The van der Waals surface area contributed by atoms with E-state index in [1.165, 1.54) is 29.7 Å². The third-order valence-electron chi connectivity index (χ3n) is 3.36. The molecule has 0 N–H and O–H groups in total. The van der Waals surface area contributed by atoms with Crippen LogP contribution in [0.25, 0.3) is 0 Å². The van der Waals surface area contributed by atoms with Crippen LogP contribution in [0.5, 0.6) is 0 Å². The van der Waals surface area contributed by atoms with Crippen molar-refractivity contribution < 1.29 is 17.6 Å². The Morgan fingerprint density at radius 3 is 2.68 bits per heavy atom. The smallest absolute Gasteiger partial charge is 0.267 e. The van der Waals surface area contributed by atoms with Crippen LogP contribution in [0.4, 0.5) is 4.39 Å². The van der Waals surface area contributed by atoms with Crippen molar-refractivity contribution >= 4 is 27.3 Å². The first kappa shape index (κ1) is 15.1. The highest BCUT2D eigenvalue weighted by molar-refractivity contribution is 7.89. The van der Waals surface area contributed by atoms with Crippen LogP contribution in [0.2, 0.25) is 0 Å². The van der Waals surface area contributed by atoms with E-state index in [0.29, 0.717) is 22.7 Å². The molecule has 0 aliphatic carbocycles. The fourth-order valence-electron chi connectivity index (χ4n) is 2.26. The van der Waals surface area contributed by atoms with Gasteiger partial charge < -0.3 is 0 Å². The van der Waals surface area contributed by atoms with Crippen molar-refractivity contribution in [1.29, 1.82) is 0 Å². The number of carbonyl (C=O) groups is 1. The second-order valence-corrected chi connectivity index (χ2v) is 8.10. The molecular weight excluding hydrogens is 327 g/mol. The van der Waals surface area contributed by atoms with E-state index in [4.69, 9.17) is 0 Å². The number of aromatic nitrogens is 1. The van der Waals surface area contributed by atoms with Gasteiger partial charge in [-0.2, -0.15) is 0 Å². The molecule has 2 heterocycles. The predicted octanol–water partition coefficient (Wildman–Crippen LogP) is 2.05. The first-order valence-electron chi connectivity index (χ1n) is 6.69.